The zero-order chi connectivity index (χ0) is 22.0. The van der Waals surface area contributed by atoms with Gasteiger partial charge in [0.15, 0.2) is 0 Å². The van der Waals surface area contributed by atoms with Crippen molar-refractivity contribution in [3.63, 3.8) is 0 Å². The number of carbonyl (C=O) groups excluding carboxylic acids is 2. The maximum atomic E-state index is 12.7. The molecule has 4 N–H and O–H groups in total. The zero-order valence-corrected chi connectivity index (χ0v) is 18.1. The van der Waals surface area contributed by atoms with Crippen molar-refractivity contribution >= 4 is 47.0 Å². The summed E-state index contributed by atoms with van der Waals surface area (Å²) in [6.45, 7) is 0. The zero-order valence-electron chi connectivity index (χ0n) is 16.5. The number of fused-ring (bicyclic) bond motifs is 1. The van der Waals surface area contributed by atoms with Crippen molar-refractivity contribution in [1.82, 2.24) is 10.2 Å². The Morgan fingerprint density at radius 3 is 2.55 bits per heavy atom. The average molecular weight is 456 g/mol. The molecule has 4 rings (SSSR count). The Labute approximate surface area is 188 Å². The Morgan fingerprint density at radius 2 is 1.87 bits per heavy atom. The lowest BCUT2D eigenvalue weighted by atomic mass is 10.0. The summed E-state index contributed by atoms with van der Waals surface area (Å²) < 4.78 is 0. The molecule has 2 amide bonds. The summed E-state index contributed by atoms with van der Waals surface area (Å²) in [6.07, 6.45) is 0.174. The highest BCUT2D eigenvalue weighted by molar-refractivity contribution is 8.01. The Morgan fingerprint density at radius 1 is 1.16 bits per heavy atom. The second-order valence-corrected chi connectivity index (χ2v) is 9.39. The maximum Gasteiger partial charge on any atom is 0.352 e. The molecular formula is C22H21N3O4S2. The van der Waals surface area contributed by atoms with Crippen molar-refractivity contribution < 1.29 is 19.5 Å². The first-order valence-electron chi connectivity index (χ1n) is 9.65. The molecule has 0 bridgehead atoms. The lowest BCUT2D eigenvalue weighted by Gasteiger charge is -2.49. The van der Waals surface area contributed by atoms with E-state index in [4.69, 9.17) is 5.73 Å². The number of carboxylic acid groups (broad SMARTS) is 1. The fraction of sp³-hybridized carbons (Fsp3) is 0.227. The van der Waals surface area contributed by atoms with E-state index in [1.807, 2.05) is 42.5 Å². The summed E-state index contributed by atoms with van der Waals surface area (Å²) in [7, 11) is 0. The van der Waals surface area contributed by atoms with E-state index in [1.54, 1.807) is 12.1 Å². The van der Waals surface area contributed by atoms with Gasteiger partial charge >= 0.3 is 5.97 Å². The first-order valence-corrected chi connectivity index (χ1v) is 11.7. The molecule has 0 aliphatic carbocycles. The summed E-state index contributed by atoms with van der Waals surface area (Å²) in [4.78, 5) is 39.3. The van der Waals surface area contributed by atoms with Gasteiger partial charge in [0.25, 0.3) is 5.91 Å². The minimum absolute atomic E-state index is 0.0326. The number of rotatable bonds is 7. The quantitative estimate of drug-likeness (QED) is 0.334. The standard InChI is InChI=1S/C22H21N3O4S2/c23-15-6-8-16(9-7-15)30-11-14-12-31-21-18(20(27)25(21)19(14)22(28)29)24-17(26)10-13-4-2-1-3-5-13/h1-9,18,21H,10-12,23H2,(H,24,26)(H,28,29). The Kier molecular flexibility index (Phi) is 6.24. The van der Waals surface area contributed by atoms with E-state index >= 15 is 0 Å². The number of amides is 2. The van der Waals surface area contributed by atoms with Gasteiger partial charge in [-0.05, 0) is 35.4 Å². The van der Waals surface area contributed by atoms with E-state index in [1.165, 1.54) is 28.4 Å². The fourth-order valence-corrected chi connectivity index (χ4v) is 5.92. The van der Waals surface area contributed by atoms with Gasteiger partial charge in [0.05, 0.1) is 6.42 Å². The Hall–Kier alpha value is -2.91. The second-order valence-electron chi connectivity index (χ2n) is 7.23. The molecule has 0 aromatic heterocycles. The van der Waals surface area contributed by atoms with Crippen LogP contribution in [0.1, 0.15) is 5.56 Å². The summed E-state index contributed by atoms with van der Waals surface area (Å²) >= 11 is 2.98. The number of hydrogen-bond donors (Lipinski definition) is 3. The van der Waals surface area contributed by atoms with Crippen molar-refractivity contribution in [2.45, 2.75) is 22.7 Å². The van der Waals surface area contributed by atoms with Crippen molar-refractivity contribution in [1.29, 1.82) is 0 Å². The minimum Gasteiger partial charge on any atom is -0.477 e. The van der Waals surface area contributed by atoms with E-state index < -0.39 is 17.4 Å². The van der Waals surface area contributed by atoms with Crippen LogP contribution in [0.4, 0.5) is 5.69 Å². The topological polar surface area (TPSA) is 113 Å². The van der Waals surface area contributed by atoms with Gasteiger partial charge in [-0.1, -0.05) is 30.3 Å². The molecule has 1 fully saturated rings. The highest BCUT2D eigenvalue weighted by atomic mass is 32.2. The number of nitrogen functional groups attached to an aromatic ring is 1. The van der Waals surface area contributed by atoms with E-state index in [-0.39, 0.29) is 23.9 Å². The molecular weight excluding hydrogens is 434 g/mol. The largest absolute Gasteiger partial charge is 0.477 e. The molecule has 9 heteroatoms. The number of nitrogens with two attached hydrogens (primary N) is 1. The van der Waals surface area contributed by atoms with Crippen molar-refractivity contribution in [2.75, 3.05) is 17.2 Å². The van der Waals surface area contributed by atoms with Gasteiger partial charge < -0.3 is 16.2 Å². The molecule has 0 saturated carbocycles. The summed E-state index contributed by atoms with van der Waals surface area (Å²) in [5, 5.41) is 12.1. The first kappa shape index (κ1) is 21.3. The molecule has 2 atom stereocenters. The highest BCUT2D eigenvalue weighted by Crippen LogP contribution is 2.41. The lowest BCUT2D eigenvalue weighted by Crippen LogP contribution is -2.70. The molecule has 7 nitrogen and oxygen atoms in total. The van der Waals surface area contributed by atoms with Crippen LogP contribution in [0.25, 0.3) is 0 Å². The van der Waals surface area contributed by atoms with Gasteiger partial charge in [-0.3, -0.25) is 14.5 Å². The Bertz CT molecular complexity index is 1040. The van der Waals surface area contributed by atoms with Crippen LogP contribution in [-0.2, 0) is 20.8 Å². The van der Waals surface area contributed by atoms with Crippen molar-refractivity contribution in [3.05, 3.63) is 71.4 Å². The first-order chi connectivity index (χ1) is 14.9. The van der Waals surface area contributed by atoms with Gasteiger partial charge in [0, 0.05) is 22.1 Å². The van der Waals surface area contributed by atoms with Gasteiger partial charge in [0.1, 0.15) is 17.1 Å². The molecule has 2 unspecified atom stereocenters. The molecule has 0 spiro atoms. The number of β-lactam (4-membered cyclic amide) rings is 1. The number of nitrogens with zero attached hydrogens (tertiary/aromatic N) is 1. The number of carboxylic acids is 1. The molecule has 31 heavy (non-hydrogen) atoms. The van der Waals surface area contributed by atoms with Crippen LogP contribution in [0, 0.1) is 0 Å². The SMILES string of the molecule is Nc1ccc(SCC2=C(C(=O)O)N3C(=O)C(NC(=O)Cc4ccccc4)C3SC2)cc1. The monoisotopic (exact) mass is 455 g/mol. The molecule has 2 aromatic carbocycles. The smallest absolute Gasteiger partial charge is 0.352 e. The number of thioether (sulfide) groups is 2. The van der Waals surface area contributed by atoms with Crippen LogP contribution in [0.3, 0.4) is 0 Å². The van der Waals surface area contributed by atoms with Gasteiger partial charge in [0.2, 0.25) is 5.91 Å². The van der Waals surface area contributed by atoms with Gasteiger partial charge in [-0.25, -0.2) is 4.79 Å². The maximum absolute atomic E-state index is 12.7. The van der Waals surface area contributed by atoms with Gasteiger partial charge in [-0.2, -0.15) is 0 Å². The summed E-state index contributed by atoms with van der Waals surface area (Å²) in [6, 6.07) is 15.9. The van der Waals surface area contributed by atoms with E-state index in [2.05, 4.69) is 5.32 Å². The number of nitrogens with one attached hydrogen (secondary N) is 1. The molecule has 160 valence electrons. The molecule has 0 radical (unpaired) electrons. The molecule has 2 aromatic rings. The number of benzene rings is 2. The van der Waals surface area contributed by atoms with Crippen molar-refractivity contribution in [3.8, 4) is 0 Å². The van der Waals surface area contributed by atoms with Crippen LogP contribution >= 0.6 is 23.5 Å². The number of aliphatic carboxylic acids is 1. The van der Waals surface area contributed by atoms with Crippen LogP contribution in [0.15, 0.2) is 70.8 Å². The van der Waals surface area contributed by atoms with E-state index in [0.29, 0.717) is 22.8 Å². The fourth-order valence-electron chi connectivity index (χ4n) is 3.53. The normalized spacial score (nSPS) is 20.1. The van der Waals surface area contributed by atoms with Gasteiger partial charge in [-0.15, -0.1) is 23.5 Å². The van der Waals surface area contributed by atoms with Crippen LogP contribution < -0.4 is 11.1 Å². The van der Waals surface area contributed by atoms with E-state index in [9.17, 15) is 19.5 Å². The Balaban J connectivity index is 1.43. The summed E-state index contributed by atoms with van der Waals surface area (Å²) in [5.41, 5.74) is 7.94. The predicted molar refractivity (Wildman–Crippen MR) is 121 cm³/mol. The predicted octanol–water partition coefficient (Wildman–Crippen LogP) is 2.34. The average Bonchev–Trinajstić information content (AvgIpc) is 2.77. The lowest BCUT2D eigenvalue weighted by molar-refractivity contribution is -0.150. The molecule has 2 aliphatic rings. The summed E-state index contributed by atoms with van der Waals surface area (Å²) in [5.74, 6) is -0.814. The minimum atomic E-state index is -1.12. The third kappa shape index (κ3) is 4.57. The van der Waals surface area contributed by atoms with Crippen LogP contribution in [0.5, 0.6) is 0 Å². The number of carbonyl (C=O) groups is 3. The van der Waals surface area contributed by atoms with Crippen LogP contribution in [0.2, 0.25) is 0 Å². The molecule has 2 heterocycles. The molecule has 2 aliphatic heterocycles. The third-order valence-corrected chi connectivity index (χ3v) is 7.50. The van der Waals surface area contributed by atoms with Crippen molar-refractivity contribution in [2.24, 2.45) is 0 Å². The van der Waals surface area contributed by atoms with E-state index in [0.717, 1.165) is 10.5 Å². The highest BCUT2D eigenvalue weighted by Gasteiger charge is 2.54. The van der Waals surface area contributed by atoms with Crippen LogP contribution in [-0.4, -0.2) is 50.7 Å². The number of hydrogen-bond acceptors (Lipinski definition) is 6. The third-order valence-electron chi connectivity index (χ3n) is 5.07. The molecule has 1 saturated heterocycles. The number of anilines is 1. The second kappa shape index (κ2) is 9.07.